The molecule has 5 aromatic rings. The van der Waals surface area contributed by atoms with E-state index >= 15 is 0 Å². The Hall–Kier alpha value is -4.64. The maximum atomic E-state index is 12.9. The molecule has 254 valence electrons. The molecule has 2 aliphatic carbocycles. The number of carbonyl (C=O) groups is 2. The number of aromatic amines is 2. The normalized spacial score (nSPS) is 18.7. The summed E-state index contributed by atoms with van der Waals surface area (Å²) in [5.74, 6) is 1.56. The number of carboxylic acid groups (broad SMARTS) is 1. The number of benzene rings is 2. The van der Waals surface area contributed by atoms with Gasteiger partial charge in [0.05, 0.1) is 22.8 Å². The van der Waals surface area contributed by atoms with E-state index in [2.05, 4.69) is 63.8 Å². The highest BCUT2D eigenvalue weighted by molar-refractivity contribution is 7.18. The van der Waals surface area contributed by atoms with Crippen molar-refractivity contribution in [2.24, 2.45) is 0 Å². The topological polar surface area (TPSA) is 136 Å². The van der Waals surface area contributed by atoms with E-state index in [1.807, 2.05) is 20.8 Å². The molecular formula is C38H42N6O4S. The van der Waals surface area contributed by atoms with Gasteiger partial charge in [-0.1, -0.05) is 37.5 Å². The number of hydrogen-bond acceptors (Lipinski definition) is 6. The van der Waals surface area contributed by atoms with Crippen molar-refractivity contribution in [1.29, 1.82) is 0 Å². The van der Waals surface area contributed by atoms with Gasteiger partial charge in [-0.15, -0.1) is 11.3 Å². The van der Waals surface area contributed by atoms with Crippen molar-refractivity contribution in [3.8, 4) is 32.1 Å². The molecule has 49 heavy (non-hydrogen) atoms. The Labute approximate surface area is 289 Å². The van der Waals surface area contributed by atoms with Gasteiger partial charge >= 0.3 is 12.2 Å². The lowest BCUT2D eigenvalue weighted by Gasteiger charge is -2.36. The van der Waals surface area contributed by atoms with E-state index in [4.69, 9.17) is 14.7 Å². The minimum absolute atomic E-state index is 0.204. The van der Waals surface area contributed by atoms with Crippen LogP contribution in [0.1, 0.15) is 94.7 Å². The number of fused-ring (bicyclic) bond motifs is 4. The zero-order valence-electron chi connectivity index (χ0n) is 28.2. The Kier molecular flexibility index (Phi) is 7.77. The minimum atomic E-state index is -0.883. The summed E-state index contributed by atoms with van der Waals surface area (Å²) in [5.41, 5.74) is 7.42. The summed E-state index contributed by atoms with van der Waals surface area (Å²) in [4.78, 5) is 45.5. The fraction of sp³-hybridized carbons (Fsp3) is 0.421. The third-order valence-electron chi connectivity index (χ3n) is 10.2. The first kappa shape index (κ1) is 31.6. The van der Waals surface area contributed by atoms with Crippen molar-refractivity contribution in [1.82, 2.24) is 30.2 Å². The smallest absolute Gasteiger partial charge is 0.408 e. The van der Waals surface area contributed by atoms with Crippen LogP contribution < -0.4 is 5.32 Å². The van der Waals surface area contributed by atoms with Crippen molar-refractivity contribution < 1.29 is 19.4 Å². The van der Waals surface area contributed by atoms with Crippen LogP contribution in [0.25, 0.3) is 43.2 Å². The van der Waals surface area contributed by atoms with E-state index < -0.39 is 23.3 Å². The lowest BCUT2D eigenvalue weighted by Crippen LogP contribution is -2.49. The first-order valence-electron chi connectivity index (χ1n) is 17.4. The lowest BCUT2D eigenvalue weighted by molar-refractivity contribution is 0.0412. The summed E-state index contributed by atoms with van der Waals surface area (Å²) in [6, 6.07) is 17.1. The van der Waals surface area contributed by atoms with E-state index in [-0.39, 0.29) is 6.04 Å². The number of ether oxygens (including phenoxy) is 1. The second kappa shape index (κ2) is 12.0. The van der Waals surface area contributed by atoms with Crippen LogP contribution in [0.2, 0.25) is 0 Å². The van der Waals surface area contributed by atoms with Gasteiger partial charge in [-0.05, 0) is 106 Å². The summed E-state index contributed by atoms with van der Waals surface area (Å²) >= 11 is 1.76. The number of imidazole rings is 2. The SMILES string of the molecule is CC(C)(C)OC(=O)NC1(c2nc3ccc(-c4ccc(-c5ccc6c(c5)CCc5[nH]c(C7CCCN7C(=O)O)nc5-6)s4)cc3[nH]2)CCCCC1. The van der Waals surface area contributed by atoms with Crippen LogP contribution in [-0.2, 0) is 23.1 Å². The van der Waals surface area contributed by atoms with Crippen molar-refractivity contribution >= 4 is 34.6 Å². The maximum absolute atomic E-state index is 12.9. The maximum Gasteiger partial charge on any atom is 0.408 e. The van der Waals surface area contributed by atoms with Crippen molar-refractivity contribution in [3.05, 3.63) is 71.4 Å². The highest BCUT2D eigenvalue weighted by atomic mass is 32.1. The summed E-state index contributed by atoms with van der Waals surface area (Å²) in [6.45, 7) is 6.19. The number of hydrogen-bond donors (Lipinski definition) is 4. The molecule has 2 aromatic carbocycles. The molecule has 8 rings (SSSR count). The molecule has 10 nitrogen and oxygen atoms in total. The number of nitrogens with zero attached hydrogens (tertiary/aromatic N) is 3. The summed E-state index contributed by atoms with van der Waals surface area (Å²) in [5, 5.41) is 12.8. The zero-order chi connectivity index (χ0) is 33.9. The molecule has 0 spiro atoms. The number of rotatable bonds is 5. The van der Waals surface area contributed by atoms with Gasteiger partial charge in [0.25, 0.3) is 0 Å². The number of amides is 2. The lowest BCUT2D eigenvalue weighted by atomic mass is 9.81. The van der Waals surface area contributed by atoms with E-state index in [0.717, 1.165) is 103 Å². The molecule has 11 heteroatoms. The second-order valence-electron chi connectivity index (χ2n) is 14.7. The van der Waals surface area contributed by atoms with Crippen molar-refractivity contribution in [2.75, 3.05) is 6.54 Å². The molecule has 3 aliphatic rings. The Morgan fingerprint density at radius 1 is 0.959 bits per heavy atom. The number of thiophene rings is 1. The summed E-state index contributed by atoms with van der Waals surface area (Å²) in [7, 11) is 0. The molecule has 1 aliphatic heterocycles. The monoisotopic (exact) mass is 678 g/mol. The average Bonchev–Trinajstić information content (AvgIpc) is 3.88. The predicted molar refractivity (Wildman–Crippen MR) is 191 cm³/mol. The van der Waals surface area contributed by atoms with Crippen LogP contribution in [0.15, 0.2) is 48.5 Å². The first-order chi connectivity index (χ1) is 23.5. The molecule has 4 N–H and O–H groups in total. The fourth-order valence-corrected chi connectivity index (χ4v) is 8.83. The van der Waals surface area contributed by atoms with Crippen molar-refractivity contribution in [3.63, 3.8) is 0 Å². The molecular weight excluding hydrogens is 637 g/mol. The summed E-state index contributed by atoms with van der Waals surface area (Å²) < 4.78 is 5.64. The number of H-pyrrole nitrogens is 2. The number of nitrogens with one attached hydrogen (secondary N) is 3. The quantitative estimate of drug-likeness (QED) is 0.147. The number of aryl methyl sites for hydroxylation is 2. The van der Waals surface area contributed by atoms with E-state index in [9.17, 15) is 14.7 Å². The third kappa shape index (κ3) is 5.98. The van der Waals surface area contributed by atoms with Crippen LogP contribution in [-0.4, -0.2) is 54.3 Å². The number of carbonyl (C=O) groups excluding carboxylic acids is 1. The molecule has 3 aromatic heterocycles. The standard InChI is InChI=1S/C38H42N6O4S/c1-37(2,3)48-35(45)43-38(17-5-4-6-18-38)34-40-26-13-11-24(21-28(26)41-34)31-16-15-30(49-31)23-9-12-25-22(20-23)10-14-27-32(25)42-33(39-27)29-8-7-19-44(29)36(46)47/h9,11-13,15-16,20-21,29H,4-8,10,14,17-19H2,1-3H3,(H,39,42)(H,40,41)(H,43,45)(H,46,47). The molecule has 1 unspecified atom stereocenters. The van der Waals surface area contributed by atoms with E-state index in [0.29, 0.717) is 6.54 Å². The van der Waals surface area contributed by atoms with Crippen LogP contribution in [0.4, 0.5) is 9.59 Å². The second-order valence-corrected chi connectivity index (χ2v) is 15.8. The third-order valence-corrected chi connectivity index (χ3v) is 11.4. The molecule has 1 atom stereocenters. The van der Waals surface area contributed by atoms with Crippen LogP contribution in [0.5, 0.6) is 0 Å². The summed E-state index contributed by atoms with van der Waals surface area (Å²) in [6.07, 6.45) is 6.96. The number of likely N-dealkylation sites (tertiary alicyclic amines) is 1. The Balaban J connectivity index is 1.04. The number of aromatic nitrogens is 4. The minimum Gasteiger partial charge on any atom is -0.465 e. The van der Waals surface area contributed by atoms with Gasteiger partial charge in [-0.2, -0.15) is 0 Å². The van der Waals surface area contributed by atoms with Crippen LogP contribution in [0, 0.1) is 0 Å². The highest BCUT2D eigenvalue weighted by Crippen LogP contribution is 2.42. The van der Waals surface area contributed by atoms with Gasteiger partial charge in [-0.25, -0.2) is 19.6 Å². The largest absolute Gasteiger partial charge is 0.465 e. The predicted octanol–water partition coefficient (Wildman–Crippen LogP) is 8.95. The molecule has 2 amide bonds. The van der Waals surface area contributed by atoms with Crippen LogP contribution in [0.3, 0.4) is 0 Å². The fourth-order valence-electron chi connectivity index (χ4n) is 7.83. The molecule has 1 saturated carbocycles. The van der Waals surface area contributed by atoms with E-state index in [1.54, 1.807) is 11.3 Å². The van der Waals surface area contributed by atoms with Crippen LogP contribution >= 0.6 is 11.3 Å². The van der Waals surface area contributed by atoms with Gasteiger partial charge < -0.3 is 25.1 Å². The molecule has 2 fully saturated rings. The van der Waals surface area contributed by atoms with Gasteiger partial charge in [-0.3, -0.25) is 4.90 Å². The van der Waals surface area contributed by atoms with Gasteiger partial charge in [0.1, 0.15) is 22.8 Å². The Morgan fingerprint density at radius 3 is 2.47 bits per heavy atom. The number of alkyl carbamates (subject to hydrolysis) is 1. The molecule has 4 heterocycles. The van der Waals surface area contributed by atoms with Crippen molar-refractivity contribution in [2.45, 2.75) is 95.7 Å². The van der Waals surface area contributed by atoms with Gasteiger partial charge in [0, 0.05) is 27.6 Å². The highest BCUT2D eigenvalue weighted by Gasteiger charge is 2.40. The Bertz CT molecular complexity index is 2060. The van der Waals surface area contributed by atoms with Gasteiger partial charge in [0.2, 0.25) is 0 Å². The Morgan fingerprint density at radius 2 is 1.71 bits per heavy atom. The molecule has 0 bridgehead atoms. The van der Waals surface area contributed by atoms with Gasteiger partial charge in [0.15, 0.2) is 0 Å². The molecule has 0 radical (unpaired) electrons. The van der Waals surface area contributed by atoms with E-state index in [1.165, 1.54) is 25.8 Å². The zero-order valence-corrected chi connectivity index (χ0v) is 29.0. The first-order valence-corrected chi connectivity index (χ1v) is 18.2. The average molecular weight is 679 g/mol. The molecule has 1 saturated heterocycles.